The van der Waals surface area contributed by atoms with Crippen LogP contribution in [0.15, 0.2) is 0 Å². The molecule has 0 aromatic rings. The van der Waals surface area contributed by atoms with Crippen LogP contribution in [0.4, 0.5) is 0 Å². The first-order valence-electron chi connectivity index (χ1n) is 6.47. The van der Waals surface area contributed by atoms with Gasteiger partial charge in [0.2, 0.25) is 5.78 Å². The molecule has 1 fully saturated rings. The summed E-state index contributed by atoms with van der Waals surface area (Å²) in [5, 5.41) is 0. The van der Waals surface area contributed by atoms with E-state index in [0.717, 1.165) is 19.3 Å². The van der Waals surface area contributed by atoms with Crippen molar-refractivity contribution in [2.75, 3.05) is 0 Å². The average molecular weight is 224 g/mol. The van der Waals surface area contributed by atoms with Crippen LogP contribution in [0.3, 0.4) is 0 Å². The molecule has 16 heavy (non-hydrogen) atoms. The lowest BCUT2D eigenvalue weighted by molar-refractivity contribution is -0.142. The Morgan fingerprint density at radius 2 is 1.62 bits per heavy atom. The third kappa shape index (κ3) is 3.73. The number of hydrogen-bond donors (Lipinski definition) is 0. The van der Waals surface area contributed by atoms with Crippen LogP contribution in [0.2, 0.25) is 0 Å². The number of Topliss-reactive ketones (excluding diaryl/α,β-unsaturated/α-hetero) is 2. The van der Waals surface area contributed by atoms with Crippen molar-refractivity contribution in [3.8, 4) is 0 Å². The van der Waals surface area contributed by atoms with E-state index in [1.165, 1.54) is 0 Å². The number of rotatable bonds is 4. The zero-order valence-electron chi connectivity index (χ0n) is 11.0. The van der Waals surface area contributed by atoms with Crippen molar-refractivity contribution in [2.45, 2.75) is 53.4 Å². The van der Waals surface area contributed by atoms with Gasteiger partial charge in [0.05, 0.1) is 0 Å². The smallest absolute Gasteiger partial charge is 0.201 e. The van der Waals surface area contributed by atoms with Crippen LogP contribution in [-0.4, -0.2) is 11.6 Å². The average Bonchev–Trinajstić information content (AvgIpc) is 2.11. The molecule has 0 N–H and O–H groups in total. The molecule has 0 heterocycles. The summed E-state index contributed by atoms with van der Waals surface area (Å²) >= 11 is 0. The summed E-state index contributed by atoms with van der Waals surface area (Å²) in [6.45, 7) is 8.59. The molecule has 0 radical (unpaired) electrons. The van der Waals surface area contributed by atoms with Crippen LogP contribution in [0, 0.1) is 23.7 Å². The Bertz CT molecular complexity index is 266. The molecule has 2 atom stereocenters. The SMILES string of the molecule is CC(C)C[C@@H]1CC(=O)C(=O)[C@@H](CC(C)C)C1. The minimum Gasteiger partial charge on any atom is -0.291 e. The van der Waals surface area contributed by atoms with Gasteiger partial charge in [-0.1, -0.05) is 27.7 Å². The summed E-state index contributed by atoms with van der Waals surface area (Å²) in [6, 6.07) is 0. The monoisotopic (exact) mass is 224 g/mol. The van der Waals surface area contributed by atoms with Crippen molar-refractivity contribution in [3.05, 3.63) is 0 Å². The number of carbonyl (C=O) groups excluding carboxylic acids is 2. The van der Waals surface area contributed by atoms with Gasteiger partial charge in [0.15, 0.2) is 5.78 Å². The summed E-state index contributed by atoms with van der Waals surface area (Å²) in [7, 11) is 0. The van der Waals surface area contributed by atoms with Crippen molar-refractivity contribution >= 4 is 11.6 Å². The first-order valence-corrected chi connectivity index (χ1v) is 6.47. The number of ketones is 2. The minimum atomic E-state index is -0.123. The van der Waals surface area contributed by atoms with E-state index in [9.17, 15) is 9.59 Å². The molecule has 0 aliphatic heterocycles. The van der Waals surface area contributed by atoms with Gasteiger partial charge >= 0.3 is 0 Å². The third-order valence-electron chi connectivity index (χ3n) is 3.30. The van der Waals surface area contributed by atoms with Crippen LogP contribution < -0.4 is 0 Å². The standard InChI is InChI=1S/C14H24O2/c1-9(2)5-11-7-12(6-10(3)4)14(16)13(15)8-11/h9-12H,5-8H2,1-4H3/t11-,12-/m0/s1. The Hall–Kier alpha value is -0.660. The topological polar surface area (TPSA) is 34.1 Å². The highest BCUT2D eigenvalue weighted by atomic mass is 16.2. The van der Waals surface area contributed by atoms with Crippen molar-refractivity contribution in [1.29, 1.82) is 0 Å². The molecule has 0 spiro atoms. The number of hydrogen-bond acceptors (Lipinski definition) is 2. The van der Waals surface area contributed by atoms with Gasteiger partial charge in [0.1, 0.15) is 0 Å². The molecule has 1 rings (SSSR count). The summed E-state index contributed by atoms with van der Waals surface area (Å²) in [5.41, 5.74) is 0. The largest absolute Gasteiger partial charge is 0.291 e. The Kier molecular flexibility index (Phi) is 4.69. The minimum absolute atomic E-state index is 0.00463. The first-order chi connectivity index (χ1) is 7.40. The van der Waals surface area contributed by atoms with E-state index in [2.05, 4.69) is 27.7 Å². The molecule has 0 saturated heterocycles. The first kappa shape index (κ1) is 13.4. The van der Waals surface area contributed by atoms with Gasteiger partial charge in [-0.3, -0.25) is 9.59 Å². The molecule has 0 unspecified atom stereocenters. The van der Waals surface area contributed by atoms with Gasteiger partial charge in [0.25, 0.3) is 0 Å². The van der Waals surface area contributed by atoms with Gasteiger partial charge in [0, 0.05) is 12.3 Å². The lowest BCUT2D eigenvalue weighted by Crippen LogP contribution is -2.34. The van der Waals surface area contributed by atoms with Crippen LogP contribution in [0.1, 0.15) is 53.4 Å². The highest BCUT2D eigenvalue weighted by molar-refractivity contribution is 6.38. The van der Waals surface area contributed by atoms with Crippen molar-refractivity contribution in [1.82, 2.24) is 0 Å². The van der Waals surface area contributed by atoms with E-state index in [1.807, 2.05) is 0 Å². The Balaban J connectivity index is 2.61. The molecule has 0 bridgehead atoms. The molecule has 92 valence electrons. The highest BCUT2D eigenvalue weighted by Crippen LogP contribution is 2.32. The molecular weight excluding hydrogens is 200 g/mol. The Labute approximate surface area is 98.8 Å². The number of carbonyl (C=O) groups is 2. The van der Waals surface area contributed by atoms with E-state index in [0.29, 0.717) is 24.2 Å². The molecule has 0 aromatic carbocycles. The second-order valence-electron chi connectivity index (χ2n) is 6.05. The van der Waals surface area contributed by atoms with Gasteiger partial charge in [-0.15, -0.1) is 0 Å². The van der Waals surface area contributed by atoms with E-state index in [-0.39, 0.29) is 17.5 Å². The zero-order chi connectivity index (χ0) is 12.3. The zero-order valence-corrected chi connectivity index (χ0v) is 11.0. The van der Waals surface area contributed by atoms with Crippen LogP contribution in [-0.2, 0) is 9.59 Å². The van der Waals surface area contributed by atoms with Gasteiger partial charge in [-0.25, -0.2) is 0 Å². The molecule has 0 amide bonds. The van der Waals surface area contributed by atoms with Crippen molar-refractivity contribution < 1.29 is 9.59 Å². The molecule has 1 saturated carbocycles. The predicted octanol–water partition coefficient (Wildman–Crippen LogP) is 3.24. The van der Waals surface area contributed by atoms with Crippen LogP contribution >= 0.6 is 0 Å². The van der Waals surface area contributed by atoms with Crippen LogP contribution in [0.25, 0.3) is 0 Å². The molecular formula is C14H24O2. The summed E-state index contributed by atoms with van der Waals surface area (Å²) in [5.74, 6) is 1.33. The van der Waals surface area contributed by atoms with Crippen molar-refractivity contribution in [3.63, 3.8) is 0 Å². The Morgan fingerprint density at radius 3 is 2.12 bits per heavy atom. The summed E-state index contributed by atoms with van der Waals surface area (Å²) in [4.78, 5) is 23.4. The fourth-order valence-corrected chi connectivity index (χ4v) is 2.80. The van der Waals surface area contributed by atoms with E-state index in [1.54, 1.807) is 0 Å². The van der Waals surface area contributed by atoms with E-state index >= 15 is 0 Å². The second kappa shape index (κ2) is 5.60. The molecule has 2 heteroatoms. The van der Waals surface area contributed by atoms with Crippen LogP contribution in [0.5, 0.6) is 0 Å². The van der Waals surface area contributed by atoms with E-state index in [4.69, 9.17) is 0 Å². The quantitative estimate of drug-likeness (QED) is 0.687. The molecule has 1 aliphatic carbocycles. The fraction of sp³-hybridized carbons (Fsp3) is 0.857. The summed E-state index contributed by atoms with van der Waals surface area (Å²) in [6.07, 6.45) is 3.37. The van der Waals surface area contributed by atoms with Gasteiger partial charge in [-0.05, 0) is 37.0 Å². The van der Waals surface area contributed by atoms with Crippen molar-refractivity contribution in [2.24, 2.45) is 23.7 Å². The fourth-order valence-electron chi connectivity index (χ4n) is 2.80. The molecule has 0 aromatic heterocycles. The maximum Gasteiger partial charge on any atom is 0.201 e. The maximum atomic E-state index is 11.7. The molecule has 1 aliphatic rings. The van der Waals surface area contributed by atoms with Gasteiger partial charge in [-0.2, -0.15) is 0 Å². The predicted molar refractivity (Wildman–Crippen MR) is 65.1 cm³/mol. The molecule has 2 nitrogen and oxygen atoms in total. The second-order valence-corrected chi connectivity index (χ2v) is 6.05. The maximum absolute atomic E-state index is 11.7. The Morgan fingerprint density at radius 1 is 1.06 bits per heavy atom. The highest BCUT2D eigenvalue weighted by Gasteiger charge is 2.35. The summed E-state index contributed by atoms with van der Waals surface area (Å²) < 4.78 is 0. The lowest BCUT2D eigenvalue weighted by Gasteiger charge is -2.29. The lowest BCUT2D eigenvalue weighted by atomic mass is 9.74. The normalized spacial score (nSPS) is 26.9. The third-order valence-corrected chi connectivity index (χ3v) is 3.30. The van der Waals surface area contributed by atoms with E-state index < -0.39 is 0 Å². The van der Waals surface area contributed by atoms with Gasteiger partial charge < -0.3 is 0 Å².